The fraction of sp³-hybridized carbons (Fsp3) is 0.429. The van der Waals surface area contributed by atoms with E-state index in [-0.39, 0.29) is 6.10 Å². The van der Waals surface area contributed by atoms with Crippen molar-refractivity contribution in [3.63, 3.8) is 0 Å². The summed E-state index contributed by atoms with van der Waals surface area (Å²) in [4.78, 5) is 18.6. The first-order chi connectivity index (χ1) is 20.6. The van der Waals surface area contributed by atoms with Crippen LogP contribution in [-0.4, -0.2) is 98.7 Å². The first-order valence-corrected chi connectivity index (χ1v) is 14.3. The van der Waals surface area contributed by atoms with Crippen molar-refractivity contribution in [2.45, 2.75) is 32.0 Å². The zero-order chi connectivity index (χ0) is 28.9. The van der Waals surface area contributed by atoms with Crippen molar-refractivity contribution in [3.05, 3.63) is 54.2 Å². The zero-order valence-corrected chi connectivity index (χ0v) is 24.3. The van der Waals surface area contributed by atoms with Crippen LogP contribution in [0.3, 0.4) is 0 Å². The molecule has 2 fully saturated rings. The molecule has 2 aliphatic heterocycles. The Hall–Kier alpha value is -4.07. The van der Waals surface area contributed by atoms with Crippen LogP contribution in [0.25, 0.3) is 11.1 Å². The van der Waals surface area contributed by atoms with Gasteiger partial charge < -0.3 is 24.4 Å². The molecule has 220 valence electrons. The van der Waals surface area contributed by atoms with Gasteiger partial charge in [0, 0.05) is 62.9 Å². The Labute approximate surface area is 248 Å². The Morgan fingerprint density at radius 3 is 2.60 bits per heavy atom. The standard InChI is InChI=1S/C28H33ClN10O3/c1-19(16-39-18-33-35-36-39)42-25-11-20(3-4-23(25)29)21-13-31-28(32-14-21)34-24-15-30-27(12-26(24)40-2)38-8-6-37(7-9-38)22-5-10-41-17-22/h3-4,11-15,18-19,22H,5-10,16-17H2,1-2H3,(H,31,32,34)/t19-,22?/m0/s1. The molecule has 0 bridgehead atoms. The van der Waals surface area contributed by atoms with E-state index < -0.39 is 0 Å². The number of hydrogen-bond donors (Lipinski definition) is 1. The highest BCUT2D eigenvalue weighted by molar-refractivity contribution is 6.32. The Morgan fingerprint density at radius 2 is 1.88 bits per heavy atom. The molecule has 2 aliphatic rings. The van der Waals surface area contributed by atoms with Crippen LogP contribution in [0, 0.1) is 0 Å². The van der Waals surface area contributed by atoms with E-state index in [2.05, 4.69) is 40.6 Å². The number of methoxy groups -OCH3 is 1. The van der Waals surface area contributed by atoms with Gasteiger partial charge >= 0.3 is 0 Å². The van der Waals surface area contributed by atoms with Crippen molar-refractivity contribution >= 4 is 29.1 Å². The quantitative estimate of drug-likeness (QED) is 0.290. The maximum absolute atomic E-state index is 6.41. The molecule has 1 unspecified atom stereocenters. The van der Waals surface area contributed by atoms with Gasteiger partial charge in [0.25, 0.3) is 0 Å². The normalized spacial score (nSPS) is 18.2. The first-order valence-electron chi connectivity index (χ1n) is 13.9. The minimum atomic E-state index is -0.198. The van der Waals surface area contributed by atoms with E-state index in [0.29, 0.717) is 40.7 Å². The second-order valence-electron chi connectivity index (χ2n) is 10.3. The summed E-state index contributed by atoms with van der Waals surface area (Å²) in [6.07, 6.45) is 7.72. The van der Waals surface area contributed by atoms with Crippen molar-refractivity contribution in [1.82, 2.24) is 40.1 Å². The summed E-state index contributed by atoms with van der Waals surface area (Å²) < 4.78 is 18.9. The van der Waals surface area contributed by atoms with Crippen molar-refractivity contribution in [3.8, 4) is 22.6 Å². The van der Waals surface area contributed by atoms with Gasteiger partial charge in [0.1, 0.15) is 35.4 Å². The number of pyridine rings is 1. The van der Waals surface area contributed by atoms with Crippen LogP contribution < -0.4 is 19.7 Å². The van der Waals surface area contributed by atoms with Gasteiger partial charge in [-0.25, -0.2) is 19.6 Å². The predicted molar refractivity (Wildman–Crippen MR) is 157 cm³/mol. The smallest absolute Gasteiger partial charge is 0.227 e. The van der Waals surface area contributed by atoms with E-state index >= 15 is 0 Å². The third-order valence-electron chi connectivity index (χ3n) is 7.46. The number of nitrogens with zero attached hydrogens (tertiary/aromatic N) is 9. The van der Waals surface area contributed by atoms with Crippen LogP contribution >= 0.6 is 11.6 Å². The van der Waals surface area contributed by atoms with E-state index in [4.69, 9.17) is 30.8 Å². The molecule has 0 saturated carbocycles. The molecule has 0 aliphatic carbocycles. The molecule has 2 atom stereocenters. The summed E-state index contributed by atoms with van der Waals surface area (Å²) in [5.74, 6) is 2.56. The van der Waals surface area contributed by atoms with Crippen molar-refractivity contribution in [2.75, 3.05) is 56.7 Å². The summed E-state index contributed by atoms with van der Waals surface area (Å²) in [5, 5.41) is 14.9. The Bertz CT molecular complexity index is 1460. The average Bonchev–Trinajstić information content (AvgIpc) is 3.74. The summed E-state index contributed by atoms with van der Waals surface area (Å²) in [6.45, 7) is 7.96. The van der Waals surface area contributed by atoms with Crippen molar-refractivity contribution in [2.24, 2.45) is 0 Å². The van der Waals surface area contributed by atoms with E-state index in [0.717, 1.165) is 62.8 Å². The van der Waals surface area contributed by atoms with Crippen molar-refractivity contribution in [1.29, 1.82) is 0 Å². The van der Waals surface area contributed by atoms with Crippen LogP contribution in [0.2, 0.25) is 5.02 Å². The highest BCUT2D eigenvalue weighted by Crippen LogP contribution is 2.33. The molecule has 6 rings (SSSR count). The minimum Gasteiger partial charge on any atom is -0.494 e. The van der Waals surface area contributed by atoms with Gasteiger partial charge in [-0.3, -0.25) is 4.90 Å². The topological polar surface area (TPSA) is 128 Å². The van der Waals surface area contributed by atoms with E-state index in [1.54, 1.807) is 42.8 Å². The first kappa shape index (κ1) is 28.1. The molecule has 0 radical (unpaired) electrons. The molecule has 14 heteroatoms. The second kappa shape index (κ2) is 12.8. The SMILES string of the molecule is COc1cc(N2CCN(C3CCOC3)CC2)ncc1Nc1ncc(-c2ccc(Cl)c(O[C@@H](C)Cn3cnnn3)c2)cn1. The lowest BCUT2D eigenvalue weighted by Crippen LogP contribution is -2.50. The van der Waals surface area contributed by atoms with Crippen LogP contribution in [0.4, 0.5) is 17.5 Å². The third kappa shape index (κ3) is 6.53. The monoisotopic (exact) mass is 592 g/mol. The highest BCUT2D eigenvalue weighted by atomic mass is 35.5. The van der Waals surface area contributed by atoms with Gasteiger partial charge in [-0.05, 0) is 41.5 Å². The molecule has 2 saturated heterocycles. The predicted octanol–water partition coefficient (Wildman–Crippen LogP) is 3.31. The van der Waals surface area contributed by atoms with Gasteiger partial charge in [0.2, 0.25) is 5.95 Å². The van der Waals surface area contributed by atoms with Gasteiger partial charge in [-0.2, -0.15) is 0 Å². The van der Waals surface area contributed by atoms with Crippen molar-refractivity contribution < 1.29 is 14.2 Å². The number of anilines is 3. The van der Waals surface area contributed by atoms with Gasteiger partial charge in [-0.1, -0.05) is 17.7 Å². The number of rotatable bonds is 10. The maximum atomic E-state index is 6.41. The fourth-order valence-corrected chi connectivity index (χ4v) is 5.37. The molecule has 1 aromatic carbocycles. The number of nitrogens with one attached hydrogen (secondary N) is 1. The number of tetrazole rings is 1. The lowest BCUT2D eigenvalue weighted by molar-refractivity contribution is 0.139. The number of piperazine rings is 1. The van der Waals surface area contributed by atoms with E-state index in [9.17, 15) is 0 Å². The maximum Gasteiger partial charge on any atom is 0.227 e. The highest BCUT2D eigenvalue weighted by Gasteiger charge is 2.27. The molecule has 1 N–H and O–H groups in total. The molecule has 13 nitrogen and oxygen atoms in total. The van der Waals surface area contributed by atoms with Gasteiger partial charge in [0.15, 0.2) is 0 Å². The Morgan fingerprint density at radius 1 is 1.05 bits per heavy atom. The van der Waals surface area contributed by atoms with Gasteiger partial charge in [-0.15, -0.1) is 5.10 Å². The summed E-state index contributed by atoms with van der Waals surface area (Å²) >= 11 is 6.41. The van der Waals surface area contributed by atoms with Crippen LogP contribution in [0.1, 0.15) is 13.3 Å². The second-order valence-corrected chi connectivity index (χ2v) is 10.7. The summed E-state index contributed by atoms with van der Waals surface area (Å²) in [6, 6.07) is 8.07. The molecular weight excluding hydrogens is 560 g/mol. The minimum absolute atomic E-state index is 0.198. The molecule has 4 aromatic rings. The Balaban J connectivity index is 1.09. The lowest BCUT2D eigenvalue weighted by atomic mass is 10.1. The zero-order valence-electron chi connectivity index (χ0n) is 23.6. The number of ether oxygens (including phenoxy) is 3. The lowest BCUT2D eigenvalue weighted by Gasteiger charge is -2.38. The van der Waals surface area contributed by atoms with Gasteiger partial charge in [0.05, 0.1) is 31.5 Å². The molecule has 0 amide bonds. The Kier molecular flexibility index (Phi) is 8.58. The fourth-order valence-electron chi connectivity index (χ4n) is 5.21. The van der Waals surface area contributed by atoms with E-state index in [1.807, 2.05) is 25.1 Å². The van der Waals surface area contributed by atoms with E-state index in [1.165, 1.54) is 0 Å². The molecule has 5 heterocycles. The van der Waals surface area contributed by atoms with Crippen LogP contribution in [0.5, 0.6) is 11.5 Å². The third-order valence-corrected chi connectivity index (χ3v) is 7.77. The van der Waals surface area contributed by atoms with Crippen LogP contribution in [-0.2, 0) is 11.3 Å². The summed E-state index contributed by atoms with van der Waals surface area (Å²) in [7, 11) is 1.65. The number of hydrogen-bond acceptors (Lipinski definition) is 12. The largest absolute Gasteiger partial charge is 0.494 e. The number of halogens is 1. The average molecular weight is 593 g/mol. The van der Waals surface area contributed by atoms with Crippen LogP contribution in [0.15, 0.2) is 49.2 Å². The molecular formula is C28H33ClN10O3. The number of aromatic nitrogens is 7. The molecule has 3 aromatic heterocycles. The molecule has 0 spiro atoms. The summed E-state index contributed by atoms with van der Waals surface area (Å²) in [5.41, 5.74) is 2.38. The number of benzene rings is 1. The molecule has 42 heavy (non-hydrogen) atoms.